The Hall–Kier alpha value is -1.95. The lowest BCUT2D eigenvalue weighted by molar-refractivity contribution is 0.0688. The average Bonchev–Trinajstić information content (AvgIpc) is 2.30. The van der Waals surface area contributed by atoms with Gasteiger partial charge < -0.3 is 5.11 Å². The van der Waals surface area contributed by atoms with E-state index < -0.39 is 11.8 Å². The Labute approximate surface area is 101 Å². The van der Waals surface area contributed by atoms with Gasteiger partial charge in [0.05, 0.1) is 0 Å². The molecule has 1 N–H and O–H groups in total. The third kappa shape index (κ3) is 2.59. The number of carbonyl (C=O) groups is 1. The molecule has 1 heterocycles. The minimum Gasteiger partial charge on any atom is -0.478 e. The maximum absolute atomic E-state index is 13.4. The molecule has 0 saturated carbocycles. The van der Waals surface area contributed by atoms with Gasteiger partial charge in [-0.25, -0.2) is 19.2 Å². The summed E-state index contributed by atoms with van der Waals surface area (Å²) in [5.41, 5.74) is -0.337. The normalized spacial score (nSPS) is 10.2. The molecular formula is C11H7FN2O2S. The second kappa shape index (κ2) is 4.92. The third-order valence-electron chi connectivity index (χ3n) is 1.96. The number of hydrogen-bond donors (Lipinski definition) is 1. The van der Waals surface area contributed by atoms with Crippen molar-refractivity contribution in [1.29, 1.82) is 0 Å². The molecule has 4 nitrogen and oxygen atoms in total. The Balaban J connectivity index is 2.40. The van der Waals surface area contributed by atoms with Crippen molar-refractivity contribution < 1.29 is 14.3 Å². The topological polar surface area (TPSA) is 63.1 Å². The van der Waals surface area contributed by atoms with Gasteiger partial charge in [-0.15, -0.1) is 0 Å². The van der Waals surface area contributed by atoms with Crippen LogP contribution in [-0.4, -0.2) is 21.0 Å². The van der Waals surface area contributed by atoms with E-state index in [2.05, 4.69) is 9.97 Å². The standard InChI is InChI=1S/C11H7FN2O2S/c12-7-2-1-3-8(10(7)11(15)16)17-9-4-5-13-6-14-9/h1-6H,(H,15,16). The number of aromatic nitrogens is 2. The summed E-state index contributed by atoms with van der Waals surface area (Å²) in [6.07, 6.45) is 2.89. The molecule has 2 aromatic rings. The summed E-state index contributed by atoms with van der Waals surface area (Å²) in [6, 6.07) is 5.75. The smallest absolute Gasteiger partial charge is 0.339 e. The van der Waals surface area contributed by atoms with E-state index >= 15 is 0 Å². The first-order chi connectivity index (χ1) is 8.18. The SMILES string of the molecule is O=C(O)c1c(F)cccc1Sc1ccncn1. The van der Waals surface area contributed by atoms with Crippen molar-refractivity contribution in [2.75, 3.05) is 0 Å². The van der Waals surface area contributed by atoms with Crippen LogP contribution in [0.25, 0.3) is 0 Å². The van der Waals surface area contributed by atoms with Gasteiger partial charge in [-0.2, -0.15) is 0 Å². The highest BCUT2D eigenvalue weighted by atomic mass is 32.2. The predicted molar refractivity (Wildman–Crippen MR) is 59.5 cm³/mol. The van der Waals surface area contributed by atoms with Gasteiger partial charge in [-0.1, -0.05) is 17.8 Å². The van der Waals surface area contributed by atoms with E-state index in [1.165, 1.54) is 18.6 Å². The molecule has 2 rings (SSSR count). The molecule has 0 aliphatic carbocycles. The molecule has 0 atom stereocenters. The van der Waals surface area contributed by atoms with Gasteiger partial charge in [-0.3, -0.25) is 0 Å². The molecule has 1 aromatic carbocycles. The number of rotatable bonds is 3. The van der Waals surface area contributed by atoms with Crippen LogP contribution in [0.3, 0.4) is 0 Å². The first kappa shape index (κ1) is 11.5. The number of hydrogen-bond acceptors (Lipinski definition) is 4. The zero-order valence-electron chi connectivity index (χ0n) is 8.50. The van der Waals surface area contributed by atoms with Crippen molar-refractivity contribution in [3.8, 4) is 0 Å². The van der Waals surface area contributed by atoms with Crippen LogP contribution in [0.2, 0.25) is 0 Å². The van der Waals surface area contributed by atoms with Crippen molar-refractivity contribution in [1.82, 2.24) is 9.97 Å². The Kier molecular flexibility index (Phi) is 3.34. The lowest BCUT2D eigenvalue weighted by atomic mass is 10.2. The molecule has 0 unspecified atom stereocenters. The van der Waals surface area contributed by atoms with Crippen LogP contribution in [0.4, 0.5) is 4.39 Å². The molecule has 17 heavy (non-hydrogen) atoms. The van der Waals surface area contributed by atoms with Crippen molar-refractivity contribution in [3.63, 3.8) is 0 Å². The summed E-state index contributed by atoms with van der Waals surface area (Å²) in [5.74, 6) is -2.05. The zero-order valence-corrected chi connectivity index (χ0v) is 9.32. The molecule has 0 bridgehead atoms. The molecule has 0 aliphatic rings. The van der Waals surface area contributed by atoms with Crippen LogP contribution >= 0.6 is 11.8 Å². The van der Waals surface area contributed by atoms with Gasteiger partial charge >= 0.3 is 5.97 Å². The number of benzene rings is 1. The van der Waals surface area contributed by atoms with Crippen molar-refractivity contribution >= 4 is 17.7 Å². The van der Waals surface area contributed by atoms with Crippen molar-refractivity contribution in [3.05, 3.63) is 48.2 Å². The van der Waals surface area contributed by atoms with Gasteiger partial charge in [0.25, 0.3) is 0 Å². The quantitative estimate of drug-likeness (QED) is 0.848. The van der Waals surface area contributed by atoms with Gasteiger partial charge in [0.1, 0.15) is 22.7 Å². The van der Waals surface area contributed by atoms with E-state index in [4.69, 9.17) is 5.11 Å². The van der Waals surface area contributed by atoms with E-state index in [1.807, 2.05) is 0 Å². The highest BCUT2D eigenvalue weighted by Gasteiger charge is 2.16. The van der Waals surface area contributed by atoms with Crippen molar-refractivity contribution in [2.45, 2.75) is 9.92 Å². The molecule has 0 saturated heterocycles. The molecule has 0 spiro atoms. The summed E-state index contributed by atoms with van der Waals surface area (Å²) >= 11 is 1.08. The molecule has 0 aliphatic heterocycles. The van der Waals surface area contributed by atoms with Gasteiger partial charge in [0.15, 0.2) is 0 Å². The monoisotopic (exact) mass is 250 g/mol. The fourth-order valence-corrected chi connectivity index (χ4v) is 2.14. The first-order valence-corrected chi connectivity index (χ1v) is 5.46. The second-order valence-corrected chi connectivity index (χ2v) is 4.13. The maximum atomic E-state index is 13.4. The van der Waals surface area contributed by atoms with E-state index in [1.54, 1.807) is 12.1 Å². The van der Waals surface area contributed by atoms with Crippen molar-refractivity contribution in [2.24, 2.45) is 0 Å². The van der Waals surface area contributed by atoms with Crippen LogP contribution in [0.1, 0.15) is 10.4 Å². The number of nitrogens with zero attached hydrogens (tertiary/aromatic N) is 2. The van der Waals surface area contributed by atoms with Gasteiger partial charge in [0.2, 0.25) is 0 Å². The largest absolute Gasteiger partial charge is 0.478 e. The van der Waals surface area contributed by atoms with Crippen LogP contribution in [0, 0.1) is 5.82 Å². The Bertz CT molecular complexity index is 548. The fraction of sp³-hybridized carbons (Fsp3) is 0. The summed E-state index contributed by atoms with van der Waals surface area (Å²) in [6.45, 7) is 0. The highest BCUT2D eigenvalue weighted by Crippen LogP contribution is 2.29. The van der Waals surface area contributed by atoms with Crippen LogP contribution in [-0.2, 0) is 0 Å². The summed E-state index contributed by atoms with van der Waals surface area (Å²) < 4.78 is 13.4. The van der Waals surface area contributed by atoms with Gasteiger partial charge in [0, 0.05) is 11.1 Å². The van der Waals surface area contributed by atoms with Crippen LogP contribution in [0.5, 0.6) is 0 Å². The molecule has 0 amide bonds. The molecule has 6 heteroatoms. The molecular weight excluding hydrogens is 243 g/mol. The number of carboxylic acids is 1. The summed E-state index contributed by atoms with van der Waals surface area (Å²) in [4.78, 5) is 19.0. The second-order valence-electron chi connectivity index (χ2n) is 3.07. The number of aromatic carboxylic acids is 1. The molecule has 1 aromatic heterocycles. The minimum absolute atomic E-state index is 0.316. The first-order valence-electron chi connectivity index (χ1n) is 4.64. The summed E-state index contributed by atoms with van der Waals surface area (Å²) in [7, 11) is 0. The number of halogens is 1. The van der Waals surface area contributed by atoms with E-state index in [0.717, 1.165) is 17.8 Å². The summed E-state index contributed by atoms with van der Waals surface area (Å²) in [5, 5.41) is 9.50. The van der Waals surface area contributed by atoms with E-state index in [9.17, 15) is 9.18 Å². The zero-order chi connectivity index (χ0) is 12.3. The van der Waals surface area contributed by atoms with Gasteiger partial charge in [-0.05, 0) is 18.2 Å². The fourth-order valence-electron chi connectivity index (χ4n) is 1.25. The van der Waals surface area contributed by atoms with E-state index in [-0.39, 0.29) is 5.56 Å². The minimum atomic E-state index is -1.29. The highest BCUT2D eigenvalue weighted by molar-refractivity contribution is 7.99. The lowest BCUT2D eigenvalue weighted by Crippen LogP contribution is -2.02. The molecule has 0 radical (unpaired) electrons. The maximum Gasteiger partial charge on any atom is 0.339 e. The van der Waals surface area contributed by atoms with Crippen LogP contribution < -0.4 is 0 Å². The Morgan fingerprint density at radius 1 is 1.35 bits per heavy atom. The predicted octanol–water partition coefficient (Wildman–Crippen LogP) is 2.47. The third-order valence-corrected chi connectivity index (χ3v) is 2.97. The Morgan fingerprint density at radius 3 is 2.82 bits per heavy atom. The van der Waals surface area contributed by atoms with E-state index in [0.29, 0.717) is 9.92 Å². The molecule has 86 valence electrons. The lowest BCUT2D eigenvalue weighted by Gasteiger charge is -2.05. The van der Waals surface area contributed by atoms with Crippen LogP contribution in [0.15, 0.2) is 46.7 Å². The Morgan fingerprint density at radius 2 is 2.18 bits per heavy atom. The average molecular weight is 250 g/mol. The number of carboxylic acid groups (broad SMARTS) is 1. The molecule has 0 fully saturated rings.